The van der Waals surface area contributed by atoms with Gasteiger partial charge in [-0.3, -0.25) is 4.40 Å². The maximum atomic E-state index is 6.48. The molecule has 3 nitrogen and oxygen atoms in total. The molecule has 4 rings (SSSR count). The third-order valence-electron chi connectivity index (χ3n) is 4.64. The molecule has 2 heterocycles. The highest BCUT2D eigenvalue weighted by Crippen LogP contribution is 2.36. The van der Waals surface area contributed by atoms with Gasteiger partial charge in [-0.25, -0.2) is 4.98 Å². The topological polar surface area (TPSA) is 29.3 Å². The molecule has 0 aliphatic carbocycles. The van der Waals surface area contributed by atoms with Crippen LogP contribution in [-0.2, 0) is 0 Å². The zero-order chi connectivity index (χ0) is 18.3. The van der Waals surface area contributed by atoms with Gasteiger partial charge >= 0.3 is 0 Å². The van der Waals surface area contributed by atoms with E-state index < -0.39 is 0 Å². The summed E-state index contributed by atoms with van der Waals surface area (Å²) in [5.41, 5.74) is 7.33. The van der Waals surface area contributed by atoms with Gasteiger partial charge in [-0.05, 0) is 55.7 Å². The molecular weight excluding hydrogens is 342 g/mol. The largest absolute Gasteiger partial charge is 0.339 e. The molecular formula is C22H20ClN3. The second kappa shape index (κ2) is 6.50. The monoisotopic (exact) mass is 361 g/mol. The van der Waals surface area contributed by atoms with Crippen LogP contribution < -0.4 is 5.32 Å². The van der Waals surface area contributed by atoms with Gasteiger partial charge in [0, 0.05) is 17.4 Å². The minimum Gasteiger partial charge on any atom is -0.339 e. The molecule has 0 aliphatic rings. The minimum atomic E-state index is 0.692. The van der Waals surface area contributed by atoms with Crippen molar-refractivity contribution in [1.29, 1.82) is 0 Å². The lowest BCUT2D eigenvalue weighted by Gasteiger charge is -2.14. The lowest BCUT2D eigenvalue weighted by Crippen LogP contribution is -2.00. The van der Waals surface area contributed by atoms with Crippen molar-refractivity contribution in [3.63, 3.8) is 0 Å². The number of fused-ring (bicyclic) bond motifs is 1. The Hall–Kier alpha value is -2.78. The Balaban J connectivity index is 1.97. The Bertz CT molecular complexity index is 1090. The molecule has 0 saturated carbocycles. The van der Waals surface area contributed by atoms with Crippen LogP contribution in [0.5, 0.6) is 0 Å². The Morgan fingerprint density at radius 3 is 2.38 bits per heavy atom. The number of para-hydroxylation sites is 1. The second-order valence-electron chi connectivity index (χ2n) is 6.61. The zero-order valence-corrected chi connectivity index (χ0v) is 15.8. The molecule has 1 N–H and O–H groups in total. The van der Waals surface area contributed by atoms with Crippen LogP contribution in [0.15, 0.2) is 60.8 Å². The summed E-state index contributed by atoms with van der Waals surface area (Å²) >= 11 is 6.48. The Morgan fingerprint density at radius 2 is 1.65 bits per heavy atom. The van der Waals surface area contributed by atoms with Crippen molar-refractivity contribution in [3.05, 3.63) is 82.5 Å². The average Bonchev–Trinajstić information content (AvgIpc) is 2.96. The van der Waals surface area contributed by atoms with E-state index >= 15 is 0 Å². The normalized spacial score (nSPS) is 11.1. The lowest BCUT2D eigenvalue weighted by molar-refractivity contribution is 1.16. The second-order valence-corrected chi connectivity index (χ2v) is 7.02. The third-order valence-corrected chi connectivity index (χ3v) is 4.96. The average molecular weight is 362 g/mol. The van der Waals surface area contributed by atoms with Crippen LogP contribution >= 0.6 is 11.6 Å². The highest BCUT2D eigenvalue weighted by Gasteiger charge is 2.17. The van der Waals surface area contributed by atoms with Gasteiger partial charge in [-0.1, -0.05) is 48.0 Å². The fraction of sp³-hybridized carbons (Fsp3) is 0.136. The maximum Gasteiger partial charge on any atom is 0.143 e. The summed E-state index contributed by atoms with van der Waals surface area (Å²) in [5, 5.41) is 4.31. The highest BCUT2D eigenvalue weighted by atomic mass is 35.5. The van der Waals surface area contributed by atoms with E-state index in [-0.39, 0.29) is 0 Å². The predicted octanol–water partition coefficient (Wildman–Crippen LogP) is 6.32. The van der Waals surface area contributed by atoms with Gasteiger partial charge in [0.15, 0.2) is 0 Å². The number of pyridine rings is 1. The van der Waals surface area contributed by atoms with Crippen LogP contribution in [-0.4, -0.2) is 9.38 Å². The fourth-order valence-corrected chi connectivity index (χ4v) is 3.46. The Labute approximate surface area is 158 Å². The number of aromatic nitrogens is 2. The van der Waals surface area contributed by atoms with Crippen LogP contribution in [0.3, 0.4) is 0 Å². The van der Waals surface area contributed by atoms with Crippen molar-refractivity contribution in [2.45, 2.75) is 20.8 Å². The summed E-state index contributed by atoms with van der Waals surface area (Å²) in [5.74, 6) is 0.922. The van der Waals surface area contributed by atoms with Crippen LogP contribution in [0, 0.1) is 20.8 Å². The highest BCUT2D eigenvalue weighted by molar-refractivity contribution is 6.33. The number of hydrogen-bond donors (Lipinski definition) is 1. The van der Waals surface area contributed by atoms with Crippen molar-refractivity contribution in [2.75, 3.05) is 5.32 Å². The molecule has 0 unspecified atom stereocenters. The summed E-state index contributed by atoms with van der Waals surface area (Å²) in [4.78, 5) is 4.88. The van der Waals surface area contributed by atoms with Crippen molar-refractivity contribution < 1.29 is 0 Å². The predicted molar refractivity (Wildman–Crippen MR) is 110 cm³/mol. The van der Waals surface area contributed by atoms with Crippen LogP contribution in [0.4, 0.5) is 11.5 Å². The first-order valence-electron chi connectivity index (χ1n) is 8.61. The van der Waals surface area contributed by atoms with Gasteiger partial charge in [-0.2, -0.15) is 0 Å². The SMILES string of the molecule is Cc1ccn2c(Nc3c(C)cccc3C)c(-c3ccccc3Cl)nc2c1. The smallest absolute Gasteiger partial charge is 0.143 e. The Kier molecular flexibility index (Phi) is 4.17. The van der Waals surface area contributed by atoms with Crippen LogP contribution in [0.2, 0.25) is 5.02 Å². The Morgan fingerprint density at radius 1 is 0.923 bits per heavy atom. The van der Waals surface area contributed by atoms with Crippen molar-refractivity contribution >= 4 is 28.8 Å². The number of nitrogens with one attached hydrogen (secondary N) is 1. The number of rotatable bonds is 3. The van der Waals surface area contributed by atoms with E-state index in [4.69, 9.17) is 16.6 Å². The number of nitrogens with zero attached hydrogens (tertiary/aromatic N) is 2. The molecule has 0 saturated heterocycles. The van der Waals surface area contributed by atoms with E-state index in [1.807, 2.05) is 30.5 Å². The van der Waals surface area contributed by atoms with Crippen LogP contribution in [0.1, 0.15) is 16.7 Å². The van der Waals surface area contributed by atoms with E-state index in [9.17, 15) is 0 Å². The quantitative estimate of drug-likeness (QED) is 0.462. The van der Waals surface area contributed by atoms with E-state index in [2.05, 4.69) is 60.8 Å². The molecule has 0 spiro atoms. The molecule has 26 heavy (non-hydrogen) atoms. The molecule has 2 aromatic heterocycles. The number of hydrogen-bond acceptors (Lipinski definition) is 2. The van der Waals surface area contributed by atoms with Crippen molar-refractivity contribution in [1.82, 2.24) is 9.38 Å². The van der Waals surface area contributed by atoms with Gasteiger partial charge in [0.05, 0.1) is 5.02 Å². The van der Waals surface area contributed by atoms with Crippen molar-refractivity contribution in [3.8, 4) is 11.3 Å². The van der Waals surface area contributed by atoms with Gasteiger partial charge < -0.3 is 5.32 Å². The molecule has 0 aliphatic heterocycles. The number of halogens is 1. The molecule has 130 valence electrons. The molecule has 4 heteroatoms. The molecule has 0 atom stereocenters. The van der Waals surface area contributed by atoms with Gasteiger partial charge in [0.2, 0.25) is 0 Å². The summed E-state index contributed by atoms with van der Waals surface area (Å²) in [6.45, 7) is 6.29. The van der Waals surface area contributed by atoms with Crippen LogP contribution in [0.25, 0.3) is 16.9 Å². The standard InChI is InChI=1S/C22H20ClN3/c1-14-11-12-26-19(13-14)24-21(17-9-4-5-10-18(17)23)22(26)25-20-15(2)7-6-8-16(20)3/h4-13,25H,1-3H3. The van der Waals surface area contributed by atoms with E-state index in [0.29, 0.717) is 5.02 Å². The van der Waals surface area contributed by atoms with E-state index in [1.165, 1.54) is 16.7 Å². The third kappa shape index (κ3) is 2.85. The summed E-state index contributed by atoms with van der Waals surface area (Å²) in [6.07, 6.45) is 2.05. The number of benzene rings is 2. The molecule has 0 bridgehead atoms. The lowest BCUT2D eigenvalue weighted by atomic mass is 10.1. The summed E-state index contributed by atoms with van der Waals surface area (Å²) in [6, 6.07) is 18.3. The molecule has 0 fully saturated rings. The summed E-state index contributed by atoms with van der Waals surface area (Å²) < 4.78 is 2.08. The first-order chi connectivity index (χ1) is 12.5. The van der Waals surface area contributed by atoms with Gasteiger partial charge in [-0.15, -0.1) is 0 Å². The number of anilines is 2. The molecule has 2 aromatic carbocycles. The maximum absolute atomic E-state index is 6.48. The number of imidazole rings is 1. The molecule has 4 aromatic rings. The first-order valence-corrected chi connectivity index (χ1v) is 8.99. The van der Waals surface area contributed by atoms with E-state index in [1.54, 1.807) is 0 Å². The van der Waals surface area contributed by atoms with E-state index in [0.717, 1.165) is 28.4 Å². The number of aryl methyl sites for hydroxylation is 3. The van der Waals surface area contributed by atoms with Gasteiger partial charge in [0.25, 0.3) is 0 Å². The molecule has 0 radical (unpaired) electrons. The first kappa shape index (κ1) is 16.7. The minimum absolute atomic E-state index is 0.692. The zero-order valence-electron chi connectivity index (χ0n) is 15.0. The fourth-order valence-electron chi connectivity index (χ4n) is 3.24. The summed E-state index contributed by atoms with van der Waals surface area (Å²) in [7, 11) is 0. The molecule has 0 amide bonds. The van der Waals surface area contributed by atoms with Crippen molar-refractivity contribution in [2.24, 2.45) is 0 Å². The van der Waals surface area contributed by atoms with Gasteiger partial charge in [0.1, 0.15) is 17.2 Å².